The highest BCUT2D eigenvalue weighted by molar-refractivity contribution is 4.90. The van der Waals surface area contributed by atoms with Gasteiger partial charge < -0.3 is 4.52 Å². The van der Waals surface area contributed by atoms with Crippen molar-refractivity contribution in [2.24, 2.45) is 0 Å². The minimum atomic E-state index is 0.410. The summed E-state index contributed by atoms with van der Waals surface area (Å²) in [5.74, 6) is 1.94. The fraction of sp³-hybridized carbons (Fsp3) is 0.818. The zero-order valence-electron chi connectivity index (χ0n) is 9.42. The van der Waals surface area contributed by atoms with E-state index in [2.05, 4.69) is 24.0 Å². The highest BCUT2D eigenvalue weighted by atomic mass is 16.5. The molecular formula is C11H20N2O. The van der Waals surface area contributed by atoms with Crippen LogP contribution in [0.2, 0.25) is 0 Å². The molecule has 0 aliphatic rings. The Morgan fingerprint density at radius 3 is 2.64 bits per heavy atom. The van der Waals surface area contributed by atoms with Gasteiger partial charge in [0.05, 0.1) is 0 Å². The van der Waals surface area contributed by atoms with Crippen molar-refractivity contribution in [1.82, 2.24) is 10.1 Å². The molecule has 1 rings (SSSR count). The molecule has 0 saturated heterocycles. The molecule has 1 aromatic heterocycles. The molecule has 3 nitrogen and oxygen atoms in total. The molecule has 1 heterocycles. The average Bonchev–Trinajstić information content (AvgIpc) is 2.59. The molecule has 1 unspecified atom stereocenters. The Kier molecular flexibility index (Phi) is 4.63. The Bertz CT molecular complexity index is 258. The molecule has 0 aliphatic carbocycles. The van der Waals surface area contributed by atoms with Crippen LogP contribution in [0.3, 0.4) is 0 Å². The third-order valence-electron chi connectivity index (χ3n) is 2.46. The van der Waals surface area contributed by atoms with Crippen molar-refractivity contribution in [1.29, 1.82) is 0 Å². The monoisotopic (exact) mass is 196 g/mol. The average molecular weight is 196 g/mol. The van der Waals surface area contributed by atoms with E-state index in [0.717, 1.165) is 18.1 Å². The van der Waals surface area contributed by atoms with Gasteiger partial charge in [0, 0.05) is 5.92 Å². The molecule has 80 valence electrons. The fourth-order valence-corrected chi connectivity index (χ4v) is 1.51. The van der Waals surface area contributed by atoms with Crippen LogP contribution < -0.4 is 0 Å². The smallest absolute Gasteiger partial charge is 0.229 e. The number of rotatable bonds is 6. The molecule has 3 heteroatoms. The van der Waals surface area contributed by atoms with Crippen LogP contribution in [0.1, 0.15) is 63.6 Å². The van der Waals surface area contributed by atoms with Crippen molar-refractivity contribution in [3.05, 3.63) is 11.7 Å². The molecule has 1 atom stereocenters. The van der Waals surface area contributed by atoms with Gasteiger partial charge in [0.2, 0.25) is 5.89 Å². The van der Waals surface area contributed by atoms with Crippen LogP contribution in [0.5, 0.6) is 0 Å². The van der Waals surface area contributed by atoms with Gasteiger partial charge in [-0.15, -0.1) is 0 Å². The first-order valence-corrected chi connectivity index (χ1v) is 5.54. The Hall–Kier alpha value is -0.860. The molecule has 14 heavy (non-hydrogen) atoms. The maximum absolute atomic E-state index is 5.12. The number of hydrogen-bond donors (Lipinski definition) is 0. The van der Waals surface area contributed by atoms with Crippen molar-refractivity contribution >= 4 is 0 Å². The van der Waals surface area contributed by atoms with Gasteiger partial charge in [-0.05, 0) is 13.3 Å². The molecule has 1 aromatic rings. The van der Waals surface area contributed by atoms with Crippen LogP contribution >= 0.6 is 0 Å². The SMILES string of the molecule is CCCCCCC(C)c1nc(C)no1. The van der Waals surface area contributed by atoms with E-state index in [1.807, 2.05) is 6.92 Å². The second-order valence-corrected chi connectivity index (χ2v) is 3.93. The van der Waals surface area contributed by atoms with Gasteiger partial charge >= 0.3 is 0 Å². The van der Waals surface area contributed by atoms with E-state index in [-0.39, 0.29) is 0 Å². The van der Waals surface area contributed by atoms with Gasteiger partial charge in [-0.2, -0.15) is 4.98 Å². The normalized spacial score (nSPS) is 13.1. The van der Waals surface area contributed by atoms with Gasteiger partial charge in [-0.1, -0.05) is 44.7 Å². The number of nitrogens with zero attached hydrogens (tertiary/aromatic N) is 2. The van der Waals surface area contributed by atoms with Gasteiger partial charge in [0.15, 0.2) is 5.82 Å². The summed E-state index contributed by atoms with van der Waals surface area (Å²) in [6, 6.07) is 0. The molecule has 0 saturated carbocycles. The summed E-state index contributed by atoms with van der Waals surface area (Å²) in [5, 5.41) is 3.80. The van der Waals surface area contributed by atoms with Crippen LogP contribution in [0.15, 0.2) is 4.52 Å². The maximum Gasteiger partial charge on any atom is 0.229 e. The quantitative estimate of drug-likeness (QED) is 0.654. The van der Waals surface area contributed by atoms with E-state index < -0.39 is 0 Å². The van der Waals surface area contributed by atoms with Gasteiger partial charge in [-0.25, -0.2) is 0 Å². The van der Waals surface area contributed by atoms with Crippen molar-refractivity contribution in [2.45, 2.75) is 58.8 Å². The fourth-order valence-electron chi connectivity index (χ4n) is 1.51. The Morgan fingerprint density at radius 1 is 1.29 bits per heavy atom. The van der Waals surface area contributed by atoms with Crippen LogP contribution in [0, 0.1) is 6.92 Å². The van der Waals surface area contributed by atoms with Crippen molar-refractivity contribution in [3.8, 4) is 0 Å². The first kappa shape index (κ1) is 11.2. The number of unbranched alkanes of at least 4 members (excludes halogenated alkanes) is 3. The Morgan fingerprint density at radius 2 is 2.07 bits per heavy atom. The van der Waals surface area contributed by atoms with E-state index in [0.29, 0.717) is 5.92 Å². The van der Waals surface area contributed by atoms with E-state index >= 15 is 0 Å². The first-order chi connectivity index (χ1) is 6.74. The van der Waals surface area contributed by atoms with Crippen LogP contribution in [0.25, 0.3) is 0 Å². The second-order valence-electron chi connectivity index (χ2n) is 3.93. The summed E-state index contributed by atoms with van der Waals surface area (Å²) in [5.41, 5.74) is 0. The number of aromatic nitrogens is 2. The maximum atomic E-state index is 5.12. The number of hydrogen-bond acceptors (Lipinski definition) is 3. The van der Waals surface area contributed by atoms with Crippen molar-refractivity contribution < 1.29 is 4.52 Å². The Labute approximate surface area is 85.9 Å². The molecule has 0 aromatic carbocycles. The molecule has 0 N–H and O–H groups in total. The first-order valence-electron chi connectivity index (χ1n) is 5.54. The van der Waals surface area contributed by atoms with Gasteiger partial charge in [0.25, 0.3) is 0 Å². The highest BCUT2D eigenvalue weighted by Gasteiger charge is 2.11. The van der Waals surface area contributed by atoms with Gasteiger partial charge in [-0.3, -0.25) is 0 Å². The lowest BCUT2D eigenvalue weighted by molar-refractivity contribution is 0.347. The van der Waals surface area contributed by atoms with Crippen LogP contribution in [0.4, 0.5) is 0 Å². The summed E-state index contributed by atoms with van der Waals surface area (Å²) in [6.07, 6.45) is 6.34. The van der Waals surface area contributed by atoms with Crippen molar-refractivity contribution in [3.63, 3.8) is 0 Å². The lowest BCUT2D eigenvalue weighted by Crippen LogP contribution is -1.94. The summed E-state index contributed by atoms with van der Waals surface area (Å²) in [7, 11) is 0. The van der Waals surface area contributed by atoms with E-state index in [4.69, 9.17) is 4.52 Å². The predicted molar refractivity (Wildman–Crippen MR) is 56.2 cm³/mol. The van der Waals surface area contributed by atoms with Gasteiger partial charge in [0.1, 0.15) is 0 Å². The lowest BCUT2D eigenvalue weighted by Gasteiger charge is -2.04. The van der Waals surface area contributed by atoms with Crippen molar-refractivity contribution in [2.75, 3.05) is 0 Å². The zero-order valence-corrected chi connectivity index (χ0v) is 9.42. The predicted octanol–water partition coefficient (Wildman–Crippen LogP) is 3.45. The molecule has 0 amide bonds. The summed E-state index contributed by atoms with van der Waals surface area (Å²) >= 11 is 0. The molecule has 0 radical (unpaired) electrons. The lowest BCUT2D eigenvalue weighted by atomic mass is 10.0. The third kappa shape index (κ3) is 3.48. The minimum Gasteiger partial charge on any atom is -0.339 e. The molecule has 0 fully saturated rings. The van der Waals surface area contributed by atoms with Crippen LogP contribution in [-0.4, -0.2) is 10.1 Å². The minimum absolute atomic E-state index is 0.410. The molecular weight excluding hydrogens is 176 g/mol. The zero-order chi connectivity index (χ0) is 10.4. The molecule has 0 bridgehead atoms. The Balaban J connectivity index is 2.25. The summed E-state index contributed by atoms with van der Waals surface area (Å²) in [6.45, 7) is 6.24. The molecule has 0 aliphatic heterocycles. The summed E-state index contributed by atoms with van der Waals surface area (Å²) < 4.78 is 5.12. The number of aryl methyl sites for hydroxylation is 1. The summed E-state index contributed by atoms with van der Waals surface area (Å²) in [4.78, 5) is 4.23. The standard InChI is InChI=1S/C11H20N2O/c1-4-5-6-7-8-9(2)11-12-10(3)13-14-11/h9H,4-8H2,1-3H3. The topological polar surface area (TPSA) is 38.9 Å². The largest absolute Gasteiger partial charge is 0.339 e. The van der Waals surface area contributed by atoms with E-state index in [9.17, 15) is 0 Å². The van der Waals surface area contributed by atoms with E-state index in [1.165, 1.54) is 25.7 Å². The van der Waals surface area contributed by atoms with E-state index in [1.54, 1.807) is 0 Å². The second kappa shape index (κ2) is 5.78. The highest BCUT2D eigenvalue weighted by Crippen LogP contribution is 2.20. The van der Waals surface area contributed by atoms with Crippen LogP contribution in [-0.2, 0) is 0 Å². The molecule has 0 spiro atoms. The third-order valence-corrected chi connectivity index (χ3v) is 2.46.